The van der Waals surface area contributed by atoms with Crippen molar-refractivity contribution < 1.29 is 43.1 Å². The molecule has 3 atom stereocenters. The summed E-state index contributed by atoms with van der Waals surface area (Å²) in [4.78, 5) is 26.3. The van der Waals surface area contributed by atoms with E-state index < -0.39 is 36.3 Å². The molecule has 2 aliphatic carbocycles. The zero-order chi connectivity index (χ0) is 32.5. The van der Waals surface area contributed by atoms with Crippen LogP contribution in [-0.4, -0.2) is 44.2 Å². The molecule has 7 rings (SSSR count). The molecule has 3 aliphatic rings. The molecule has 0 radical (unpaired) electrons. The van der Waals surface area contributed by atoms with Crippen LogP contribution in [0.3, 0.4) is 0 Å². The van der Waals surface area contributed by atoms with Crippen molar-refractivity contribution in [2.45, 2.75) is 44.4 Å². The van der Waals surface area contributed by atoms with Gasteiger partial charge in [0, 0.05) is 23.5 Å². The highest BCUT2D eigenvalue weighted by Crippen LogP contribution is 2.56. The summed E-state index contributed by atoms with van der Waals surface area (Å²) in [6, 6.07) is 22.8. The van der Waals surface area contributed by atoms with Crippen LogP contribution in [0.1, 0.15) is 65.0 Å². The van der Waals surface area contributed by atoms with E-state index in [-0.39, 0.29) is 6.79 Å². The lowest BCUT2D eigenvalue weighted by molar-refractivity contribution is -0.140. The lowest BCUT2D eigenvalue weighted by atomic mass is 9.79. The van der Waals surface area contributed by atoms with Gasteiger partial charge in [0.25, 0.3) is 0 Å². The van der Waals surface area contributed by atoms with Crippen LogP contribution in [0.15, 0.2) is 72.8 Å². The Morgan fingerprint density at radius 2 is 1.57 bits per heavy atom. The maximum atomic E-state index is 14.7. The highest BCUT2D eigenvalue weighted by molar-refractivity contribution is 5.82. The van der Waals surface area contributed by atoms with E-state index in [2.05, 4.69) is 0 Å². The number of aryl methyl sites for hydroxylation is 2. The van der Waals surface area contributed by atoms with Crippen molar-refractivity contribution in [3.05, 3.63) is 106 Å². The summed E-state index contributed by atoms with van der Waals surface area (Å²) in [7, 11) is 1.53. The van der Waals surface area contributed by atoms with Crippen LogP contribution in [0.4, 0.5) is 0 Å². The minimum atomic E-state index is -1.12. The van der Waals surface area contributed by atoms with Crippen molar-refractivity contribution >= 4 is 11.9 Å². The molecule has 0 saturated heterocycles. The minimum Gasteiger partial charge on any atom is -0.497 e. The predicted molar refractivity (Wildman–Crippen MR) is 172 cm³/mol. The Kier molecular flexibility index (Phi) is 8.37. The standard InChI is InChI=1S/C38H36O9/c1-3-15-43-26-11-12-28-30(18-26)36(29-13-10-25(42-2)19-32(29)44-20-34(39)40)37(35(28)24-8-14-31-33(17-24)46-21-45-31)38(41)47-27-9-7-22-5-4-6-23(22)16-27/h7-14,16-19,35-37H,3-6,15,20-21H2,1-2H3,(H,39,40). The Hall–Kier alpha value is -5.18. The molecule has 9 heteroatoms. The van der Waals surface area contributed by atoms with E-state index in [1.54, 1.807) is 12.1 Å². The van der Waals surface area contributed by atoms with Crippen LogP contribution in [0.2, 0.25) is 0 Å². The average molecular weight is 637 g/mol. The first-order chi connectivity index (χ1) is 22.9. The second kappa shape index (κ2) is 12.9. The van der Waals surface area contributed by atoms with E-state index in [4.69, 9.17) is 28.4 Å². The van der Waals surface area contributed by atoms with E-state index in [9.17, 15) is 14.7 Å². The number of carboxylic acid groups (broad SMARTS) is 1. The van der Waals surface area contributed by atoms with Crippen LogP contribution in [-0.2, 0) is 22.4 Å². The zero-order valence-electron chi connectivity index (χ0n) is 26.3. The molecule has 0 saturated carbocycles. The van der Waals surface area contributed by atoms with Gasteiger partial charge in [-0.3, -0.25) is 4.79 Å². The number of esters is 1. The fraction of sp³-hybridized carbons (Fsp3) is 0.316. The topological polar surface area (TPSA) is 110 Å². The first kappa shape index (κ1) is 30.5. The number of methoxy groups -OCH3 is 1. The van der Waals surface area contributed by atoms with Crippen molar-refractivity contribution in [2.24, 2.45) is 5.92 Å². The van der Waals surface area contributed by atoms with E-state index in [0.717, 1.165) is 42.4 Å². The normalized spacial score (nSPS) is 18.7. The molecular weight excluding hydrogens is 600 g/mol. The molecule has 242 valence electrons. The van der Waals surface area contributed by atoms with E-state index >= 15 is 0 Å². The van der Waals surface area contributed by atoms with Crippen LogP contribution in [0, 0.1) is 5.92 Å². The highest BCUT2D eigenvalue weighted by Gasteiger charge is 2.49. The fourth-order valence-electron chi connectivity index (χ4n) is 7.08. The quantitative estimate of drug-likeness (QED) is 0.143. The molecule has 4 aromatic rings. The number of ether oxygens (including phenoxy) is 6. The van der Waals surface area contributed by atoms with E-state index in [1.165, 1.54) is 18.2 Å². The summed E-state index contributed by atoms with van der Waals surface area (Å²) in [5.41, 5.74) is 5.77. The van der Waals surface area contributed by atoms with Gasteiger partial charge in [-0.15, -0.1) is 0 Å². The fourth-order valence-corrected chi connectivity index (χ4v) is 7.08. The predicted octanol–water partition coefficient (Wildman–Crippen LogP) is 6.66. The number of carbonyl (C=O) groups is 2. The molecule has 1 heterocycles. The summed E-state index contributed by atoms with van der Waals surface area (Å²) in [5.74, 6) is -0.0904. The lowest BCUT2D eigenvalue weighted by Crippen LogP contribution is -2.29. The Labute approximate surface area is 272 Å². The molecular formula is C38H36O9. The second-order valence-corrected chi connectivity index (χ2v) is 12.0. The molecule has 9 nitrogen and oxygen atoms in total. The molecule has 0 bridgehead atoms. The summed E-state index contributed by atoms with van der Waals surface area (Å²) in [6.45, 7) is 2.14. The molecule has 47 heavy (non-hydrogen) atoms. The molecule has 0 amide bonds. The number of hydrogen-bond donors (Lipinski definition) is 1. The van der Waals surface area contributed by atoms with E-state index in [0.29, 0.717) is 46.7 Å². The minimum absolute atomic E-state index is 0.126. The number of rotatable bonds is 11. The molecule has 3 unspecified atom stereocenters. The van der Waals surface area contributed by atoms with Crippen LogP contribution < -0.4 is 28.4 Å². The smallest absolute Gasteiger partial charge is 0.341 e. The van der Waals surface area contributed by atoms with Gasteiger partial charge in [0.05, 0.1) is 19.6 Å². The number of carboxylic acids is 1. The van der Waals surface area contributed by atoms with Gasteiger partial charge in [0.15, 0.2) is 18.1 Å². The number of carbonyl (C=O) groups excluding carboxylic acids is 1. The Bertz CT molecular complexity index is 1830. The maximum absolute atomic E-state index is 14.7. The average Bonchev–Trinajstić information content (AvgIpc) is 3.83. The van der Waals surface area contributed by atoms with Gasteiger partial charge in [-0.2, -0.15) is 0 Å². The first-order valence-electron chi connectivity index (χ1n) is 16.0. The lowest BCUT2D eigenvalue weighted by Gasteiger charge is -2.26. The van der Waals surface area contributed by atoms with Gasteiger partial charge in [-0.05, 0) is 96.0 Å². The molecule has 4 aromatic carbocycles. The van der Waals surface area contributed by atoms with Gasteiger partial charge < -0.3 is 33.5 Å². The monoisotopic (exact) mass is 636 g/mol. The highest BCUT2D eigenvalue weighted by atomic mass is 16.7. The molecule has 0 fully saturated rings. The summed E-state index contributed by atoms with van der Waals surface area (Å²) >= 11 is 0. The Morgan fingerprint density at radius 3 is 2.40 bits per heavy atom. The van der Waals surface area contributed by atoms with Crippen molar-refractivity contribution in [3.63, 3.8) is 0 Å². The second-order valence-electron chi connectivity index (χ2n) is 12.0. The van der Waals surface area contributed by atoms with Crippen LogP contribution >= 0.6 is 0 Å². The van der Waals surface area contributed by atoms with Crippen molar-refractivity contribution in [2.75, 3.05) is 27.1 Å². The number of fused-ring (bicyclic) bond motifs is 3. The third kappa shape index (κ3) is 5.93. The number of benzene rings is 4. The third-order valence-corrected chi connectivity index (χ3v) is 9.14. The SMILES string of the molecule is CCCOc1ccc2c(c1)C(c1ccc(OC)cc1OCC(=O)O)C(C(=O)Oc1ccc3c(c1)CCC3)C2c1ccc2c(c1)OCO2. The Balaban J connectivity index is 1.39. The summed E-state index contributed by atoms with van der Waals surface area (Å²) < 4.78 is 35.0. The molecule has 0 spiro atoms. The van der Waals surface area contributed by atoms with Gasteiger partial charge in [0.2, 0.25) is 6.79 Å². The molecule has 1 aliphatic heterocycles. The van der Waals surface area contributed by atoms with Crippen LogP contribution in [0.5, 0.6) is 34.5 Å². The van der Waals surface area contributed by atoms with Crippen molar-refractivity contribution in [1.82, 2.24) is 0 Å². The van der Waals surface area contributed by atoms with Crippen LogP contribution in [0.25, 0.3) is 0 Å². The van der Waals surface area contributed by atoms with Gasteiger partial charge in [0.1, 0.15) is 23.0 Å². The summed E-state index contributed by atoms with van der Waals surface area (Å²) in [6.07, 6.45) is 3.89. The molecule has 1 N–H and O–H groups in total. The summed E-state index contributed by atoms with van der Waals surface area (Å²) in [5, 5.41) is 9.50. The van der Waals surface area contributed by atoms with Crippen molar-refractivity contribution in [3.8, 4) is 34.5 Å². The van der Waals surface area contributed by atoms with Gasteiger partial charge in [-0.1, -0.05) is 31.2 Å². The molecule has 0 aromatic heterocycles. The zero-order valence-corrected chi connectivity index (χ0v) is 26.3. The maximum Gasteiger partial charge on any atom is 0.341 e. The number of hydrogen-bond acceptors (Lipinski definition) is 8. The number of aliphatic carboxylic acids is 1. The van der Waals surface area contributed by atoms with Gasteiger partial charge in [-0.25, -0.2) is 4.79 Å². The largest absolute Gasteiger partial charge is 0.497 e. The first-order valence-corrected chi connectivity index (χ1v) is 16.0. The van der Waals surface area contributed by atoms with Gasteiger partial charge >= 0.3 is 11.9 Å². The van der Waals surface area contributed by atoms with Crippen molar-refractivity contribution in [1.29, 1.82) is 0 Å². The Morgan fingerprint density at radius 1 is 0.787 bits per heavy atom. The third-order valence-electron chi connectivity index (χ3n) is 9.14. The van der Waals surface area contributed by atoms with E-state index in [1.807, 2.05) is 67.6 Å².